The Morgan fingerprint density at radius 1 is 1.16 bits per heavy atom. The quantitative estimate of drug-likeness (QED) is 0.442. The third-order valence-corrected chi connectivity index (χ3v) is 4.72. The van der Waals surface area contributed by atoms with E-state index in [9.17, 15) is 19.5 Å². The zero-order chi connectivity index (χ0) is 22.7. The van der Waals surface area contributed by atoms with Gasteiger partial charge >= 0.3 is 11.7 Å². The highest BCUT2D eigenvalue weighted by Gasteiger charge is 2.17. The zero-order valence-electron chi connectivity index (χ0n) is 16.4. The van der Waals surface area contributed by atoms with Crippen molar-refractivity contribution in [2.24, 2.45) is 4.99 Å². The molecule has 0 radical (unpaired) electrons. The van der Waals surface area contributed by atoms with Gasteiger partial charge in [-0.05, 0) is 44.2 Å². The van der Waals surface area contributed by atoms with Crippen molar-refractivity contribution in [3.63, 3.8) is 0 Å². The minimum atomic E-state index is -0.863. The number of aromatic hydroxyl groups is 1. The Morgan fingerprint density at radius 2 is 1.87 bits per heavy atom. The number of halogens is 2. The number of hydrogen-bond acceptors (Lipinski definition) is 6. The number of hydrogen-bond donors (Lipinski definition) is 2. The number of para-hydroxylation sites is 1. The summed E-state index contributed by atoms with van der Waals surface area (Å²) in [4.78, 5) is 42.9. The highest BCUT2D eigenvalue weighted by Crippen LogP contribution is 2.25. The molecule has 0 atom stereocenters. The first-order chi connectivity index (χ1) is 14.7. The van der Waals surface area contributed by atoms with E-state index in [2.05, 4.69) is 9.98 Å². The third kappa shape index (κ3) is 4.87. The van der Waals surface area contributed by atoms with Crippen LogP contribution in [-0.2, 0) is 4.74 Å². The van der Waals surface area contributed by atoms with Crippen LogP contribution in [0.1, 0.15) is 29.8 Å². The number of benzene rings is 2. The molecular formula is C21H17Cl2N3O5. The van der Waals surface area contributed by atoms with E-state index in [-0.39, 0.29) is 38.7 Å². The van der Waals surface area contributed by atoms with Crippen LogP contribution in [0.2, 0.25) is 10.0 Å². The van der Waals surface area contributed by atoms with E-state index >= 15 is 0 Å². The van der Waals surface area contributed by atoms with Crippen molar-refractivity contribution in [2.75, 3.05) is 0 Å². The number of esters is 1. The van der Waals surface area contributed by atoms with Gasteiger partial charge in [-0.1, -0.05) is 35.3 Å². The predicted molar refractivity (Wildman–Crippen MR) is 119 cm³/mol. The van der Waals surface area contributed by atoms with Crippen molar-refractivity contribution in [2.45, 2.75) is 20.0 Å². The maximum absolute atomic E-state index is 12.3. The first kappa shape index (κ1) is 22.3. The molecule has 0 aliphatic carbocycles. The Balaban J connectivity index is 2.05. The molecule has 8 nitrogen and oxygen atoms in total. The lowest BCUT2D eigenvalue weighted by Gasteiger charge is -2.11. The zero-order valence-corrected chi connectivity index (χ0v) is 17.9. The number of rotatable bonds is 5. The molecule has 2 N–H and O–H groups in total. The number of carbonyl (C=O) groups excluding carboxylic acids is 1. The number of carbonyl (C=O) groups is 1. The summed E-state index contributed by atoms with van der Waals surface area (Å²) in [7, 11) is 0. The van der Waals surface area contributed by atoms with E-state index in [4.69, 9.17) is 27.9 Å². The van der Waals surface area contributed by atoms with Gasteiger partial charge in [-0.3, -0.25) is 14.8 Å². The van der Waals surface area contributed by atoms with Gasteiger partial charge in [-0.25, -0.2) is 14.2 Å². The summed E-state index contributed by atoms with van der Waals surface area (Å²) >= 11 is 12.2. The van der Waals surface area contributed by atoms with Crippen LogP contribution in [-0.4, -0.2) is 32.9 Å². The van der Waals surface area contributed by atoms with Gasteiger partial charge in [-0.15, -0.1) is 0 Å². The van der Waals surface area contributed by atoms with Crippen molar-refractivity contribution in [1.29, 1.82) is 0 Å². The van der Waals surface area contributed by atoms with Gasteiger partial charge in [0.15, 0.2) is 0 Å². The second-order valence-electron chi connectivity index (χ2n) is 6.66. The molecule has 0 saturated heterocycles. The van der Waals surface area contributed by atoms with E-state index in [1.165, 1.54) is 30.3 Å². The number of nitrogens with one attached hydrogen (secondary N) is 1. The Kier molecular flexibility index (Phi) is 6.62. The van der Waals surface area contributed by atoms with Gasteiger partial charge in [-0.2, -0.15) is 0 Å². The van der Waals surface area contributed by atoms with Crippen LogP contribution in [0, 0.1) is 0 Å². The molecule has 31 heavy (non-hydrogen) atoms. The molecule has 0 amide bonds. The lowest BCUT2D eigenvalue weighted by molar-refractivity contribution is 0.0378. The predicted octanol–water partition coefficient (Wildman–Crippen LogP) is 3.85. The van der Waals surface area contributed by atoms with Crippen LogP contribution in [0.15, 0.2) is 57.0 Å². The van der Waals surface area contributed by atoms with Gasteiger partial charge in [0.2, 0.25) is 5.88 Å². The van der Waals surface area contributed by atoms with Crippen LogP contribution in [0.5, 0.6) is 5.88 Å². The molecule has 0 spiro atoms. The van der Waals surface area contributed by atoms with Crippen molar-refractivity contribution >= 4 is 41.1 Å². The molecule has 0 bridgehead atoms. The van der Waals surface area contributed by atoms with E-state index in [0.717, 1.165) is 10.8 Å². The Hall–Kier alpha value is -3.36. The monoisotopic (exact) mass is 461 g/mol. The Morgan fingerprint density at radius 3 is 2.55 bits per heavy atom. The SMILES string of the molecule is CC(C)OC(=O)c1cc(N=Cc2c(O)n(-c3ccccc3Cl)c(=O)[nH]c2=O)ccc1Cl. The molecule has 0 saturated carbocycles. The molecule has 0 unspecified atom stereocenters. The summed E-state index contributed by atoms with van der Waals surface area (Å²) in [6, 6.07) is 10.7. The molecule has 1 aromatic heterocycles. The summed E-state index contributed by atoms with van der Waals surface area (Å²) in [5, 5.41) is 11.0. The van der Waals surface area contributed by atoms with Gasteiger partial charge in [0.05, 0.1) is 33.1 Å². The number of aromatic amines is 1. The summed E-state index contributed by atoms with van der Waals surface area (Å²) in [5.41, 5.74) is -1.43. The second-order valence-corrected chi connectivity index (χ2v) is 7.47. The van der Waals surface area contributed by atoms with Crippen LogP contribution in [0.25, 0.3) is 5.69 Å². The number of ether oxygens (including phenoxy) is 1. The van der Waals surface area contributed by atoms with Crippen LogP contribution in [0.3, 0.4) is 0 Å². The summed E-state index contributed by atoms with van der Waals surface area (Å²) in [5.74, 6) is -1.26. The van der Waals surface area contributed by atoms with Crippen LogP contribution >= 0.6 is 23.2 Å². The van der Waals surface area contributed by atoms with Gasteiger partial charge in [0, 0.05) is 6.21 Å². The molecule has 10 heteroatoms. The molecule has 2 aromatic carbocycles. The molecule has 1 heterocycles. The Labute approximate surface area is 186 Å². The van der Waals surface area contributed by atoms with Crippen LogP contribution < -0.4 is 11.2 Å². The molecule has 0 fully saturated rings. The minimum absolute atomic E-state index is 0.101. The number of H-pyrrole nitrogens is 1. The molecule has 0 aliphatic heterocycles. The van der Waals surface area contributed by atoms with E-state index in [1.807, 2.05) is 0 Å². The highest BCUT2D eigenvalue weighted by atomic mass is 35.5. The average molecular weight is 462 g/mol. The maximum Gasteiger partial charge on any atom is 0.339 e. The van der Waals surface area contributed by atoms with E-state index in [1.54, 1.807) is 26.0 Å². The lowest BCUT2D eigenvalue weighted by atomic mass is 10.2. The van der Waals surface area contributed by atoms with E-state index < -0.39 is 23.1 Å². The topological polar surface area (TPSA) is 114 Å². The van der Waals surface area contributed by atoms with Gasteiger partial charge in [0.1, 0.15) is 5.56 Å². The smallest absolute Gasteiger partial charge is 0.339 e. The molecule has 3 aromatic rings. The summed E-state index contributed by atoms with van der Waals surface area (Å²) in [6.45, 7) is 3.41. The largest absolute Gasteiger partial charge is 0.493 e. The first-order valence-corrected chi connectivity index (χ1v) is 9.82. The van der Waals surface area contributed by atoms with Gasteiger partial charge in [0.25, 0.3) is 5.56 Å². The molecular weight excluding hydrogens is 445 g/mol. The van der Waals surface area contributed by atoms with Crippen molar-refractivity contribution in [1.82, 2.24) is 9.55 Å². The fraction of sp³-hybridized carbons (Fsp3) is 0.143. The first-order valence-electron chi connectivity index (χ1n) is 9.07. The molecule has 3 rings (SSSR count). The second kappa shape index (κ2) is 9.20. The van der Waals surface area contributed by atoms with Crippen molar-refractivity contribution in [3.8, 4) is 11.6 Å². The summed E-state index contributed by atoms with van der Waals surface area (Å²) in [6.07, 6.45) is 0.735. The van der Waals surface area contributed by atoms with E-state index in [0.29, 0.717) is 0 Å². The standard InChI is InChI=1S/C21H17Cl2N3O5/c1-11(2)31-20(29)13-9-12(7-8-15(13)22)24-10-14-18(27)25-21(30)26(19(14)28)17-6-4-3-5-16(17)23/h3-11,28H,1-2H3,(H,25,27,30). The lowest BCUT2D eigenvalue weighted by Crippen LogP contribution is -2.31. The average Bonchev–Trinajstić information content (AvgIpc) is 2.69. The number of aromatic nitrogens is 2. The normalized spacial score (nSPS) is 11.3. The highest BCUT2D eigenvalue weighted by molar-refractivity contribution is 6.33. The Bertz CT molecular complexity index is 1290. The molecule has 160 valence electrons. The van der Waals surface area contributed by atoms with Crippen molar-refractivity contribution < 1.29 is 14.6 Å². The number of aliphatic imine (C=N–C) groups is 1. The maximum atomic E-state index is 12.3. The summed E-state index contributed by atoms with van der Waals surface area (Å²) < 4.78 is 6.00. The fourth-order valence-corrected chi connectivity index (χ4v) is 3.09. The fourth-order valence-electron chi connectivity index (χ4n) is 2.68. The van der Waals surface area contributed by atoms with Gasteiger partial charge < -0.3 is 9.84 Å². The third-order valence-electron chi connectivity index (χ3n) is 4.07. The number of nitrogens with zero attached hydrogens (tertiary/aromatic N) is 2. The molecule has 0 aliphatic rings. The van der Waals surface area contributed by atoms with Crippen LogP contribution in [0.4, 0.5) is 5.69 Å². The minimum Gasteiger partial charge on any atom is -0.493 e. The van der Waals surface area contributed by atoms with Crippen molar-refractivity contribution in [3.05, 3.63) is 84.5 Å².